The molecule has 7 heteroatoms. The minimum Gasteiger partial charge on any atom is -0.394 e. The van der Waals surface area contributed by atoms with Crippen LogP contribution in [0.1, 0.15) is 11.4 Å². The fraction of sp³-hybridized carbons (Fsp3) is 0.500. The predicted octanol–water partition coefficient (Wildman–Crippen LogP) is -0.706. The first-order chi connectivity index (χ1) is 8.29. The average molecular weight is 236 g/mol. The summed E-state index contributed by atoms with van der Waals surface area (Å²) in [6.45, 7) is 2.02. The smallest absolute Gasteiger partial charge is 0.146 e. The number of aromatic nitrogens is 5. The number of aliphatic hydroxyl groups excluding tert-OH is 1. The van der Waals surface area contributed by atoms with E-state index in [1.807, 2.05) is 17.8 Å². The Labute approximate surface area is 99.1 Å². The van der Waals surface area contributed by atoms with E-state index >= 15 is 0 Å². The molecule has 2 aromatic rings. The number of hydrogen-bond donors (Lipinski definition) is 2. The van der Waals surface area contributed by atoms with Crippen LogP contribution in [0.15, 0.2) is 18.7 Å². The van der Waals surface area contributed by atoms with Gasteiger partial charge in [0.25, 0.3) is 0 Å². The number of rotatable bonds is 6. The van der Waals surface area contributed by atoms with Crippen molar-refractivity contribution in [3.8, 4) is 0 Å². The molecule has 0 amide bonds. The van der Waals surface area contributed by atoms with Crippen LogP contribution in [0.5, 0.6) is 0 Å². The zero-order valence-corrected chi connectivity index (χ0v) is 9.74. The fourth-order valence-corrected chi connectivity index (χ4v) is 1.51. The van der Waals surface area contributed by atoms with Gasteiger partial charge in [-0.15, -0.1) is 10.2 Å². The molecule has 0 aliphatic carbocycles. The monoisotopic (exact) mass is 236 g/mol. The fourth-order valence-electron chi connectivity index (χ4n) is 1.51. The molecular formula is C10H16N6O. The van der Waals surface area contributed by atoms with Gasteiger partial charge in [0, 0.05) is 25.4 Å². The summed E-state index contributed by atoms with van der Waals surface area (Å²) in [5.74, 6) is 0.896. The molecule has 2 N–H and O–H groups in total. The van der Waals surface area contributed by atoms with Gasteiger partial charge < -0.3 is 15.0 Å². The van der Waals surface area contributed by atoms with Gasteiger partial charge >= 0.3 is 0 Å². The van der Waals surface area contributed by atoms with Crippen molar-refractivity contribution in [1.82, 2.24) is 29.9 Å². The summed E-state index contributed by atoms with van der Waals surface area (Å²) in [5.41, 5.74) is 1.08. The summed E-state index contributed by atoms with van der Waals surface area (Å²) in [5, 5.41) is 23.9. The van der Waals surface area contributed by atoms with Crippen molar-refractivity contribution >= 4 is 0 Å². The number of aliphatic hydroxyl groups is 1. The van der Waals surface area contributed by atoms with Crippen LogP contribution in [0, 0.1) is 0 Å². The summed E-state index contributed by atoms with van der Waals surface area (Å²) < 4.78 is 3.60. The van der Waals surface area contributed by atoms with Crippen molar-refractivity contribution < 1.29 is 5.11 Å². The molecule has 0 radical (unpaired) electrons. The number of nitrogens with zero attached hydrogens (tertiary/aromatic N) is 5. The highest BCUT2D eigenvalue weighted by Crippen LogP contribution is 1.98. The van der Waals surface area contributed by atoms with Gasteiger partial charge in [-0.25, -0.2) is 0 Å². The van der Waals surface area contributed by atoms with Crippen LogP contribution in [0.3, 0.4) is 0 Å². The second kappa shape index (κ2) is 5.55. The first kappa shape index (κ1) is 11.7. The molecule has 0 aliphatic rings. The summed E-state index contributed by atoms with van der Waals surface area (Å²) in [4.78, 5) is 0. The van der Waals surface area contributed by atoms with Gasteiger partial charge in [-0.2, -0.15) is 5.10 Å². The van der Waals surface area contributed by atoms with Crippen LogP contribution in [0.2, 0.25) is 0 Å². The second-order valence-electron chi connectivity index (χ2n) is 3.80. The van der Waals surface area contributed by atoms with E-state index in [2.05, 4.69) is 20.6 Å². The van der Waals surface area contributed by atoms with Crippen molar-refractivity contribution in [3.05, 3.63) is 30.1 Å². The van der Waals surface area contributed by atoms with Crippen LogP contribution < -0.4 is 5.32 Å². The third-order valence-corrected chi connectivity index (χ3v) is 2.43. The standard InChI is InChI=1S/C10H16N6O/c1-15-8-12-14-10(15)6-11-4-9-5-13-16(7-9)2-3-17/h5,7-8,11,17H,2-4,6H2,1H3. The maximum absolute atomic E-state index is 8.77. The first-order valence-electron chi connectivity index (χ1n) is 5.45. The van der Waals surface area contributed by atoms with Crippen molar-refractivity contribution in [3.63, 3.8) is 0 Å². The van der Waals surface area contributed by atoms with E-state index in [9.17, 15) is 0 Å². The molecule has 0 spiro atoms. The molecule has 92 valence electrons. The van der Waals surface area contributed by atoms with Crippen molar-refractivity contribution in [1.29, 1.82) is 0 Å². The molecule has 0 saturated heterocycles. The summed E-state index contributed by atoms with van der Waals surface area (Å²) in [6.07, 6.45) is 5.38. The highest BCUT2D eigenvalue weighted by atomic mass is 16.3. The lowest BCUT2D eigenvalue weighted by atomic mass is 10.3. The lowest BCUT2D eigenvalue weighted by Crippen LogP contribution is -2.15. The van der Waals surface area contributed by atoms with Crippen LogP contribution >= 0.6 is 0 Å². The Morgan fingerprint density at radius 1 is 1.41 bits per heavy atom. The lowest BCUT2D eigenvalue weighted by molar-refractivity contribution is 0.269. The van der Waals surface area contributed by atoms with Gasteiger partial charge in [0.15, 0.2) is 0 Å². The summed E-state index contributed by atoms with van der Waals surface area (Å²) >= 11 is 0. The predicted molar refractivity (Wildman–Crippen MR) is 60.9 cm³/mol. The number of aryl methyl sites for hydroxylation is 1. The molecule has 0 aromatic carbocycles. The maximum Gasteiger partial charge on any atom is 0.146 e. The van der Waals surface area contributed by atoms with Crippen LogP contribution in [-0.2, 0) is 26.7 Å². The highest BCUT2D eigenvalue weighted by molar-refractivity contribution is 5.03. The molecule has 0 aliphatic heterocycles. The third kappa shape index (κ3) is 3.11. The zero-order valence-electron chi connectivity index (χ0n) is 9.74. The largest absolute Gasteiger partial charge is 0.394 e. The molecule has 2 heterocycles. The third-order valence-electron chi connectivity index (χ3n) is 2.43. The number of hydrogen-bond acceptors (Lipinski definition) is 5. The van der Waals surface area contributed by atoms with Gasteiger partial charge in [0.05, 0.1) is 25.9 Å². The molecular weight excluding hydrogens is 220 g/mol. The topological polar surface area (TPSA) is 80.8 Å². The van der Waals surface area contributed by atoms with E-state index in [1.54, 1.807) is 17.2 Å². The van der Waals surface area contributed by atoms with Gasteiger partial charge in [-0.3, -0.25) is 4.68 Å². The Morgan fingerprint density at radius 3 is 3.00 bits per heavy atom. The Kier molecular flexibility index (Phi) is 3.84. The average Bonchev–Trinajstić information content (AvgIpc) is 2.90. The SMILES string of the molecule is Cn1cnnc1CNCc1cnn(CCO)c1. The second-order valence-corrected chi connectivity index (χ2v) is 3.80. The molecule has 17 heavy (non-hydrogen) atoms. The minimum atomic E-state index is 0.105. The Bertz CT molecular complexity index is 463. The van der Waals surface area contributed by atoms with Gasteiger partial charge in [-0.05, 0) is 0 Å². The molecule has 0 bridgehead atoms. The zero-order chi connectivity index (χ0) is 12.1. The molecule has 7 nitrogen and oxygen atoms in total. The number of nitrogens with one attached hydrogen (secondary N) is 1. The Morgan fingerprint density at radius 2 is 2.29 bits per heavy atom. The quantitative estimate of drug-likeness (QED) is 0.693. The van der Waals surface area contributed by atoms with E-state index in [4.69, 9.17) is 5.11 Å². The van der Waals surface area contributed by atoms with Crippen LogP contribution in [-0.4, -0.2) is 36.3 Å². The van der Waals surface area contributed by atoms with Crippen molar-refractivity contribution in [2.75, 3.05) is 6.61 Å². The highest BCUT2D eigenvalue weighted by Gasteiger charge is 2.01. The molecule has 0 saturated carbocycles. The van der Waals surface area contributed by atoms with E-state index < -0.39 is 0 Å². The van der Waals surface area contributed by atoms with Gasteiger partial charge in [-0.1, -0.05) is 0 Å². The van der Waals surface area contributed by atoms with Crippen LogP contribution in [0.4, 0.5) is 0 Å². The maximum atomic E-state index is 8.77. The van der Waals surface area contributed by atoms with E-state index in [-0.39, 0.29) is 6.61 Å². The van der Waals surface area contributed by atoms with Crippen molar-refractivity contribution in [2.24, 2.45) is 7.05 Å². The Balaban J connectivity index is 1.80. The molecule has 0 fully saturated rings. The molecule has 0 atom stereocenters. The molecule has 0 unspecified atom stereocenters. The molecule has 2 aromatic heterocycles. The summed E-state index contributed by atoms with van der Waals surface area (Å²) in [7, 11) is 1.91. The minimum absolute atomic E-state index is 0.105. The van der Waals surface area contributed by atoms with Gasteiger partial charge in [0.1, 0.15) is 12.2 Å². The normalized spacial score (nSPS) is 10.9. The first-order valence-corrected chi connectivity index (χ1v) is 5.45. The van der Waals surface area contributed by atoms with Gasteiger partial charge in [0.2, 0.25) is 0 Å². The van der Waals surface area contributed by atoms with Crippen molar-refractivity contribution in [2.45, 2.75) is 19.6 Å². The Hall–Kier alpha value is -1.73. The molecule has 2 rings (SSSR count). The summed E-state index contributed by atoms with van der Waals surface area (Å²) in [6, 6.07) is 0. The van der Waals surface area contributed by atoms with E-state index in [1.165, 1.54) is 0 Å². The van der Waals surface area contributed by atoms with E-state index in [0.29, 0.717) is 13.1 Å². The van der Waals surface area contributed by atoms with Crippen LogP contribution in [0.25, 0.3) is 0 Å². The van der Waals surface area contributed by atoms with E-state index in [0.717, 1.165) is 17.9 Å². The lowest BCUT2D eigenvalue weighted by Gasteiger charge is -2.01.